The van der Waals surface area contributed by atoms with Crippen molar-refractivity contribution in [1.82, 2.24) is 14.5 Å². The van der Waals surface area contributed by atoms with E-state index in [9.17, 15) is 4.79 Å². The minimum atomic E-state index is 0.122. The van der Waals surface area contributed by atoms with E-state index in [4.69, 9.17) is 0 Å². The Morgan fingerprint density at radius 2 is 2.33 bits per heavy atom. The van der Waals surface area contributed by atoms with E-state index < -0.39 is 0 Å². The first-order valence-corrected chi connectivity index (χ1v) is 5.66. The standard InChI is InChI=1S/C11H19N3O/c1-9(2)14-6-5-13(11(14)15)8-10-3-4-12-7-10/h5-6,9-10,12H,3-4,7-8H2,1-2H3. The van der Waals surface area contributed by atoms with Gasteiger partial charge in [0.1, 0.15) is 0 Å². The molecule has 1 aromatic rings. The van der Waals surface area contributed by atoms with E-state index in [0.717, 1.165) is 19.6 Å². The van der Waals surface area contributed by atoms with Gasteiger partial charge in [0.2, 0.25) is 0 Å². The number of rotatable bonds is 3. The monoisotopic (exact) mass is 209 g/mol. The molecule has 1 aliphatic heterocycles. The predicted octanol–water partition coefficient (Wildman–Crippen LogP) is 0.840. The molecule has 4 heteroatoms. The minimum Gasteiger partial charge on any atom is -0.316 e. The van der Waals surface area contributed by atoms with Gasteiger partial charge in [-0.2, -0.15) is 0 Å². The second-order valence-corrected chi connectivity index (χ2v) is 4.59. The van der Waals surface area contributed by atoms with E-state index in [0.29, 0.717) is 5.92 Å². The average molecular weight is 209 g/mol. The molecule has 0 bridgehead atoms. The number of nitrogens with zero attached hydrogens (tertiary/aromatic N) is 2. The molecule has 84 valence electrons. The Morgan fingerprint density at radius 3 is 2.87 bits per heavy atom. The molecule has 0 aliphatic carbocycles. The fraction of sp³-hybridized carbons (Fsp3) is 0.727. The van der Waals surface area contributed by atoms with E-state index in [-0.39, 0.29) is 11.7 Å². The first-order chi connectivity index (χ1) is 7.18. The van der Waals surface area contributed by atoms with Gasteiger partial charge in [0.15, 0.2) is 0 Å². The van der Waals surface area contributed by atoms with Crippen LogP contribution in [0.25, 0.3) is 0 Å². The zero-order chi connectivity index (χ0) is 10.8. The summed E-state index contributed by atoms with van der Waals surface area (Å²) in [5, 5.41) is 3.32. The fourth-order valence-electron chi connectivity index (χ4n) is 2.11. The lowest BCUT2D eigenvalue weighted by molar-refractivity contribution is 0.459. The van der Waals surface area contributed by atoms with Crippen LogP contribution in [0.4, 0.5) is 0 Å². The van der Waals surface area contributed by atoms with Gasteiger partial charge in [0.25, 0.3) is 0 Å². The Morgan fingerprint density at radius 1 is 1.53 bits per heavy atom. The zero-order valence-electron chi connectivity index (χ0n) is 9.44. The molecule has 1 saturated heterocycles. The van der Waals surface area contributed by atoms with E-state index in [1.54, 1.807) is 4.57 Å². The maximum Gasteiger partial charge on any atom is 0.328 e. The molecule has 1 atom stereocenters. The highest BCUT2D eigenvalue weighted by Crippen LogP contribution is 2.09. The number of hydrogen-bond donors (Lipinski definition) is 1. The van der Waals surface area contributed by atoms with Crippen molar-refractivity contribution >= 4 is 0 Å². The van der Waals surface area contributed by atoms with Crippen LogP contribution in [-0.4, -0.2) is 22.2 Å². The summed E-state index contributed by atoms with van der Waals surface area (Å²) in [7, 11) is 0. The summed E-state index contributed by atoms with van der Waals surface area (Å²) in [4.78, 5) is 11.9. The third-order valence-corrected chi connectivity index (χ3v) is 3.05. The Labute approximate surface area is 89.9 Å². The van der Waals surface area contributed by atoms with E-state index in [1.807, 2.05) is 30.8 Å². The van der Waals surface area contributed by atoms with Crippen molar-refractivity contribution in [3.8, 4) is 0 Å². The molecule has 2 heterocycles. The second-order valence-electron chi connectivity index (χ2n) is 4.59. The summed E-state index contributed by atoms with van der Waals surface area (Å²) in [5.74, 6) is 0.616. The molecule has 1 aliphatic rings. The normalized spacial score (nSPS) is 21.4. The van der Waals surface area contributed by atoms with E-state index in [1.165, 1.54) is 6.42 Å². The van der Waals surface area contributed by atoms with Gasteiger partial charge in [-0.3, -0.25) is 9.13 Å². The number of imidazole rings is 1. The number of aromatic nitrogens is 2. The maximum atomic E-state index is 11.9. The first kappa shape index (κ1) is 10.5. The fourth-order valence-corrected chi connectivity index (χ4v) is 2.11. The molecule has 0 spiro atoms. The Balaban J connectivity index is 2.11. The molecule has 0 amide bonds. The molecule has 0 aromatic carbocycles. The van der Waals surface area contributed by atoms with Gasteiger partial charge in [-0.15, -0.1) is 0 Å². The van der Waals surface area contributed by atoms with Crippen LogP contribution in [0.1, 0.15) is 26.3 Å². The van der Waals surface area contributed by atoms with Crippen molar-refractivity contribution in [2.24, 2.45) is 5.92 Å². The summed E-state index contributed by atoms with van der Waals surface area (Å²) < 4.78 is 3.61. The summed E-state index contributed by atoms with van der Waals surface area (Å²) in [6.45, 7) is 7.04. The minimum absolute atomic E-state index is 0.122. The SMILES string of the molecule is CC(C)n1ccn(CC2CCNC2)c1=O. The summed E-state index contributed by atoms with van der Waals surface area (Å²) >= 11 is 0. The van der Waals surface area contributed by atoms with Crippen LogP contribution in [0, 0.1) is 5.92 Å². The van der Waals surface area contributed by atoms with Gasteiger partial charge in [-0.1, -0.05) is 0 Å². The summed E-state index contributed by atoms with van der Waals surface area (Å²) in [6, 6.07) is 0.250. The molecule has 0 radical (unpaired) electrons. The molecule has 15 heavy (non-hydrogen) atoms. The number of nitrogens with one attached hydrogen (secondary N) is 1. The lowest BCUT2D eigenvalue weighted by Crippen LogP contribution is -2.28. The van der Waals surface area contributed by atoms with E-state index in [2.05, 4.69) is 5.32 Å². The molecule has 1 N–H and O–H groups in total. The molecular formula is C11H19N3O. The molecule has 2 rings (SSSR count). The summed E-state index contributed by atoms with van der Waals surface area (Å²) in [5.41, 5.74) is 0.122. The van der Waals surface area contributed by atoms with Crippen molar-refractivity contribution < 1.29 is 0 Å². The molecule has 0 saturated carbocycles. The second kappa shape index (κ2) is 4.23. The molecule has 1 aromatic heterocycles. The van der Waals surface area contributed by atoms with E-state index >= 15 is 0 Å². The lowest BCUT2D eigenvalue weighted by atomic mass is 10.1. The third-order valence-electron chi connectivity index (χ3n) is 3.05. The van der Waals surface area contributed by atoms with Crippen molar-refractivity contribution in [2.45, 2.75) is 32.9 Å². The van der Waals surface area contributed by atoms with Crippen LogP contribution in [0.3, 0.4) is 0 Å². The van der Waals surface area contributed by atoms with Crippen LogP contribution in [-0.2, 0) is 6.54 Å². The average Bonchev–Trinajstić information content (AvgIpc) is 2.78. The Bertz CT molecular complexity index is 371. The van der Waals surface area contributed by atoms with Crippen molar-refractivity contribution in [1.29, 1.82) is 0 Å². The van der Waals surface area contributed by atoms with Crippen LogP contribution < -0.4 is 11.0 Å². The predicted molar refractivity (Wildman–Crippen MR) is 60.1 cm³/mol. The number of hydrogen-bond acceptors (Lipinski definition) is 2. The van der Waals surface area contributed by atoms with Crippen LogP contribution in [0.5, 0.6) is 0 Å². The molecule has 1 fully saturated rings. The van der Waals surface area contributed by atoms with Gasteiger partial charge in [0, 0.05) is 25.0 Å². The maximum absolute atomic E-state index is 11.9. The van der Waals surface area contributed by atoms with Crippen LogP contribution in [0.15, 0.2) is 17.2 Å². The lowest BCUT2D eigenvalue weighted by Gasteiger charge is -2.08. The Hall–Kier alpha value is -1.03. The van der Waals surface area contributed by atoms with Gasteiger partial charge >= 0.3 is 5.69 Å². The Kier molecular flexibility index (Phi) is 2.95. The summed E-state index contributed by atoms with van der Waals surface area (Å²) in [6.07, 6.45) is 4.97. The first-order valence-electron chi connectivity index (χ1n) is 5.66. The van der Waals surface area contributed by atoms with Gasteiger partial charge in [0.05, 0.1) is 0 Å². The smallest absolute Gasteiger partial charge is 0.316 e. The van der Waals surface area contributed by atoms with Crippen LogP contribution >= 0.6 is 0 Å². The molecule has 1 unspecified atom stereocenters. The third kappa shape index (κ3) is 2.15. The molecule has 4 nitrogen and oxygen atoms in total. The largest absolute Gasteiger partial charge is 0.328 e. The highest BCUT2D eigenvalue weighted by Gasteiger charge is 2.16. The van der Waals surface area contributed by atoms with Gasteiger partial charge in [-0.05, 0) is 39.3 Å². The van der Waals surface area contributed by atoms with Crippen LogP contribution in [0.2, 0.25) is 0 Å². The van der Waals surface area contributed by atoms with Gasteiger partial charge in [-0.25, -0.2) is 4.79 Å². The van der Waals surface area contributed by atoms with Crippen molar-refractivity contribution in [2.75, 3.05) is 13.1 Å². The topological polar surface area (TPSA) is 39.0 Å². The highest BCUT2D eigenvalue weighted by atomic mass is 16.1. The van der Waals surface area contributed by atoms with Crippen molar-refractivity contribution in [3.63, 3.8) is 0 Å². The zero-order valence-corrected chi connectivity index (χ0v) is 9.44. The van der Waals surface area contributed by atoms with Crippen molar-refractivity contribution in [3.05, 3.63) is 22.9 Å². The highest BCUT2D eigenvalue weighted by molar-refractivity contribution is 4.85. The molecular weight excluding hydrogens is 190 g/mol. The van der Waals surface area contributed by atoms with Gasteiger partial charge < -0.3 is 5.32 Å². The quantitative estimate of drug-likeness (QED) is 0.801.